The predicted molar refractivity (Wildman–Crippen MR) is 80.9 cm³/mol. The third-order valence-corrected chi connectivity index (χ3v) is 3.61. The average Bonchev–Trinajstić information content (AvgIpc) is 2.39. The maximum Gasteiger partial charge on any atom is 0.336 e. The Morgan fingerprint density at radius 2 is 1.63 bits per heavy atom. The molecule has 0 radical (unpaired) electrons. The van der Waals surface area contributed by atoms with E-state index in [-0.39, 0.29) is 5.56 Å². The highest BCUT2D eigenvalue weighted by atomic mass is 79.9. The van der Waals surface area contributed by atoms with Crippen LogP contribution in [0.3, 0.4) is 0 Å². The van der Waals surface area contributed by atoms with Crippen LogP contribution in [0.5, 0.6) is 0 Å². The lowest BCUT2D eigenvalue weighted by Crippen LogP contribution is -2.07. The normalized spacial score (nSPS) is 10.3. The van der Waals surface area contributed by atoms with E-state index in [1.165, 1.54) is 0 Å². The van der Waals surface area contributed by atoms with E-state index in [4.69, 9.17) is 5.11 Å². The maximum absolute atomic E-state index is 11.1. The Bertz CT molecular complexity index is 606. The Kier molecular flexibility index (Phi) is 3.90. The number of benzene rings is 2. The van der Waals surface area contributed by atoms with Gasteiger partial charge in [-0.1, -0.05) is 18.2 Å². The molecule has 0 fully saturated rings. The molecule has 0 aromatic heterocycles. The van der Waals surface area contributed by atoms with E-state index in [0.29, 0.717) is 4.47 Å². The number of hydrogen-bond donors (Lipinski definition) is 1. The smallest absolute Gasteiger partial charge is 0.336 e. The Morgan fingerprint density at radius 3 is 2.16 bits per heavy atom. The first kappa shape index (κ1) is 13.6. The molecule has 0 aliphatic heterocycles. The summed E-state index contributed by atoms with van der Waals surface area (Å²) in [6, 6.07) is 13.3. The highest BCUT2D eigenvalue weighted by Crippen LogP contribution is 2.27. The molecule has 1 N–H and O–H groups in total. The van der Waals surface area contributed by atoms with Crippen LogP contribution in [0.1, 0.15) is 10.4 Å². The number of carboxylic acid groups (broad SMARTS) is 1. The molecule has 4 heteroatoms. The summed E-state index contributed by atoms with van der Waals surface area (Å²) in [5, 5.41) is 9.12. The zero-order valence-electron chi connectivity index (χ0n) is 10.7. The van der Waals surface area contributed by atoms with E-state index in [1.807, 2.05) is 49.3 Å². The van der Waals surface area contributed by atoms with E-state index in [1.54, 1.807) is 12.1 Å². The summed E-state index contributed by atoms with van der Waals surface area (Å²) in [7, 11) is 3.97. The van der Waals surface area contributed by atoms with Crippen LogP contribution in [0.25, 0.3) is 11.1 Å². The number of anilines is 1. The topological polar surface area (TPSA) is 40.5 Å². The largest absolute Gasteiger partial charge is 0.478 e. The van der Waals surface area contributed by atoms with Crippen LogP contribution in [0.15, 0.2) is 46.9 Å². The van der Waals surface area contributed by atoms with Gasteiger partial charge in [0.05, 0.1) is 5.56 Å². The van der Waals surface area contributed by atoms with Gasteiger partial charge in [0.15, 0.2) is 0 Å². The standard InChI is InChI=1S/C15H14BrNO2/c1-17(2)12-6-3-10(4-7-12)11-5-8-14(16)13(9-11)15(18)19/h3-9H,1-2H3,(H,18,19). The number of carbonyl (C=O) groups is 1. The second-order valence-corrected chi connectivity index (χ2v) is 5.30. The van der Waals surface area contributed by atoms with Gasteiger partial charge in [0.2, 0.25) is 0 Å². The zero-order valence-corrected chi connectivity index (χ0v) is 12.3. The fraction of sp³-hybridized carbons (Fsp3) is 0.133. The van der Waals surface area contributed by atoms with Gasteiger partial charge < -0.3 is 10.0 Å². The predicted octanol–water partition coefficient (Wildman–Crippen LogP) is 3.88. The van der Waals surface area contributed by atoms with E-state index in [2.05, 4.69) is 15.9 Å². The Labute approximate surface area is 120 Å². The van der Waals surface area contributed by atoms with Crippen molar-refractivity contribution in [2.45, 2.75) is 0 Å². The molecule has 0 heterocycles. The van der Waals surface area contributed by atoms with E-state index >= 15 is 0 Å². The molecule has 2 aromatic rings. The first-order valence-corrected chi connectivity index (χ1v) is 6.59. The van der Waals surface area contributed by atoms with Crippen molar-refractivity contribution in [2.75, 3.05) is 19.0 Å². The average molecular weight is 320 g/mol. The van der Waals surface area contributed by atoms with E-state index in [9.17, 15) is 4.79 Å². The van der Waals surface area contributed by atoms with Gasteiger partial charge in [-0.25, -0.2) is 4.79 Å². The van der Waals surface area contributed by atoms with Crippen LogP contribution in [0.2, 0.25) is 0 Å². The minimum Gasteiger partial charge on any atom is -0.478 e. The van der Waals surface area contributed by atoms with Crippen LogP contribution < -0.4 is 4.90 Å². The summed E-state index contributed by atoms with van der Waals surface area (Å²) >= 11 is 3.25. The van der Waals surface area contributed by atoms with Crippen molar-refractivity contribution in [3.05, 3.63) is 52.5 Å². The highest BCUT2D eigenvalue weighted by molar-refractivity contribution is 9.10. The summed E-state index contributed by atoms with van der Waals surface area (Å²) in [5.41, 5.74) is 3.28. The molecule has 0 atom stereocenters. The molecular formula is C15H14BrNO2. The van der Waals surface area contributed by atoms with Crippen LogP contribution in [0.4, 0.5) is 5.69 Å². The first-order chi connectivity index (χ1) is 8.99. The van der Waals surface area contributed by atoms with Gasteiger partial charge in [0.25, 0.3) is 0 Å². The highest BCUT2D eigenvalue weighted by Gasteiger charge is 2.10. The van der Waals surface area contributed by atoms with Gasteiger partial charge in [-0.15, -0.1) is 0 Å². The summed E-state index contributed by atoms with van der Waals surface area (Å²) in [6.45, 7) is 0. The van der Waals surface area contributed by atoms with Crippen LogP contribution in [-0.4, -0.2) is 25.2 Å². The molecule has 0 aliphatic rings. The zero-order chi connectivity index (χ0) is 14.0. The van der Waals surface area contributed by atoms with Crippen LogP contribution in [-0.2, 0) is 0 Å². The lowest BCUT2D eigenvalue weighted by Gasteiger charge is -2.13. The number of carboxylic acids is 1. The summed E-state index contributed by atoms with van der Waals surface area (Å²) in [6.07, 6.45) is 0. The maximum atomic E-state index is 11.1. The van der Waals surface area contributed by atoms with Crippen LogP contribution >= 0.6 is 15.9 Å². The van der Waals surface area contributed by atoms with Crippen molar-refractivity contribution in [1.82, 2.24) is 0 Å². The number of halogens is 1. The summed E-state index contributed by atoms with van der Waals surface area (Å²) in [5.74, 6) is -0.932. The molecule has 0 bridgehead atoms. The Morgan fingerprint density at radius 1 is 1.05 bits per heavy atom. The van der Waals surface area contributed by atoms with Crippen molar-refractivity contribution in [3.63, 3.8) is 0 Å². The lowest BCUT2D eigenvalue weighted by atomic mass is 10.0. The minimum atomic E-state index is -0.932. The van der Waals surface area contributed by atoms with Gasteiger partial charge in [0.1, 0.15) is 0 Å². The van der Waals surface area contributed by atoms with Gasteiger partial charge in [-0.3, -0.25) is 0 Å². The Balaban J connectivity index is 2.41. The summed E-state index contributed by atoms with van der Waals surface area (Å²) in [4.78, 5) is 13.1. The lowest BCUT2D eigenvalue weighted by molar-refractivity contribution is 0.0696. The third kappa shape index (κ3) is 2.96. The molecule has 3 nitrogen and oxygen atoms in total. The van der Waals surface area contributed by atoms with Crippen molar-refractivity contribution in [2.24, 2.45) is 0 Å². The number of hydrogen-bond acceptors (Lipinski definition) is 2. The third-order valence-electron chi connectivity index (χ3n) is 2.91. The fourth-order valence-electron chi connectivity index (χ4n) is 1.82. The molecule has 2 rings (SSSR count). The molecule has 19 heavy (non-hydrogen) atoms. The second-order valence-electron chi connectivity index (χ2n) is 4.44. The van der Waals surface area contributed by atoms with Gasteiger partial charge in [-0.2, -0.15) is 0 Å². The first-order valence-electron chi connectivity index (χ1n) is 5.79. The molecule has 98 valence electrons. The molecular weight excluding hydrogens is 306 g/mol. The number of rotatable bonds is 3. The molecule has 0 aliphatic carbocycles. The monoisotopic (exact) mass is 319 g/mol. The van der Waals surface area contributed by atoms with Gasteiger partial charge >= 0.3 is 5.97 Å². The molecule has 0 amide bonds. The molecule has 0 saturated heterocycles. The van der Waals surface area contributed by atoms with E-state index in [0.717, 1.165) is 16.8 Å². The quantitative estimate of drug-likeness (QED) is 0.933. The van der Waals surface area contributed by atoms with Gasteiger partial charge in [0, 0.05) is 24.3 Å². The molecule has 0 saturated carbocycles. The summed E-state index contributed by atoms with van der Waals surface area (Å²) < 4.78 is 0.591. The van der Waals surface area contributed by atoms with Crippen LogP contribution in [0, 0.1) is 0 Å². The molecule has 0 unspecified atom stereocenters. The van der Waals surface area contributed by atoms with Crippen molar-refractivity contribution >= 4 is 27.6 Å². The molecule has 0 spiro atoms. The van der Waals surface area contributed by atoms with E-state index < -0.39 is 5.97 Å². The number of nitrogens with zero attached hydrogens (tertiary/aromatic N) is 1. The second kappa shape index (κ2) is 5.45. The Hall–Kier alpha value is -1.81. The van der Waals surface area contributed by atoms with Gasteiger partial charge in [-0.05, 0) is 51.3 Å². The fourth-order valence-corrected chi connectivity index (χ4v) is 2.24. The van der Waals surface area contributed by atoms with Crippen molar-refractivity contribution in [3.8, 4) is 11.1 Å². The van der Waals surface area contributed by atoms with Crippen molar-refractivity contribution in [1.29, 1.82) is 0 Å². The number of aromatic carboxylic acids is 1. The SMILES string of the molecule is CN(C)c1ccc(-c2ccc(Br)c(C(=O)O)c2)cc1. The van der Waals surface area contributed by atoms with Crippen molar-refractivity contribution < 1.29 is 9.90 Å². The minimum absolute atomic E-state index is 0.272. The molecule has 2 aromatic carbocycles.